The number of aryl methyl sites for hydroxylation is 2. The molecule has 3 N–H and O–H groups in total. The second-order valence-electron chi connectivity index (χ2n) is 6.69. The maximum atomic E-state index is 12.5. The number of likely N-dealkylation sites (N-methyl/N-ethyl adjacent to an activating group) is 1. The summed E-state index contributed by atoms with van der Waals surface area (Å²) in [6.07, 6.45) is 0.603. The van der Waals surface area contributed by atoms with Gasteiger partial charge >= 0.3 is 0 Å². The zero-order chi connectivity index (χ0) is 18.7. The maximum absolute atomic E-state index is 12.5. The second-order valence-corrected chi connectivity index (χ2v) is 8.07. The third-order valence-electron chi connectivity index (χ3n) is 4.49. The molecule has 0 radical (unpaired) electrons. The summed E-state index contributed by atoms with van der Waals surface area (Å²) in [4.78, 5) is 29.5. The molecule has 0 aliphatic carbocycles. The molecule has 2 unspecified atom stereocenters. The number of aromatic nitrogens is 2. The van der Waals surface area contributed by atoms with Gasteiger partial charge in [0, 0.05) is 41.1 Å². The number of aromatic amines is 1. The van der Waals surface area contributed by atoms with E-state index in [1.165, 1.54) is 9.75 Å². The number of hydrogen-bond donors (Lipinski definition) is 3. The zero-order valence-electron chi connectivity index (χ0n) is 15.3. The number of nitrogens with zero attached hydrogens (tertiary/aromatic N) is 2. The summed E-state index contributed by atoms with van der Waals surface area (Å²) >= 11 is 1.74. The van der Waals surface area contributed by atoms with Gasteiger partial charge in [0.25, 0.3) is 5.91 Å². The summed E-state index contributed by atoms with van der Waals surface area (Å²) in [6.45, 7) is 7.81. The first kappa shape index (κ1) is 18.6. The van der Waals surface area contributed by atoms with E-state index in [2.05, 4.69) is 44.8 Å². The predicted octanol–water partition coefficient (Wildman–Crippen LogP) is 1.60. The number of hydrogen-bond acceptors (Lipinski definition) is 5. The van der Waals surface area contributed by atoms with E-state index in [1.54, 1.807) is 17.4 Å². The monoisotopic (exact) mass is 375 g/mol. The summed E-state index contributed by atoms with van der Waals surface area (Å²) < 4.78 is 0. The van der Waals surface area contributed by atoms with Crippen LogP contribution in [0.4, 0.5) is 0 Å². The fraction of sp³-hybridized carbons (Fsp3) is 0.500. The van der Waals surface area contributed by atoms with Crippen molar-refractivity contribution in [1.29, 1.82) is 0 Å². The molecular weight excluding hydrogens is 350 g/mol. The first-order chi connectivity index (χ1) is 12.5. The molecule has 0 aromatic carbocycles. The average Bonchev–Trinajstić information content (AvgIpc) is 3.29. The highest BCUT2D eigenvalue weighted by Gasteiger charge is 2.37. The SMILES string of the molecule is CCNC(=O)C1CC(NC(=O)c2cc(C)[nH]n2)CN1Cc1ccc(C)s1. The van der Waals surface area contributed by atoms with Crippen molar-refractivity contribution in [3.8, 4) is 0 Å². The lowest BCUT2D eigenvalue weighted by molar-refractivity contribution is -0.125. The Morgan fingerprint density at radius 3 is 2.81 bits per heavy atom. The van der Waals surface area contributed by atoms with Crippen LogP contribution in [0.25, 0.3) is 0 Å². The Morgan fingerprint density at radius 2 is 2.19 bits per heavy atom. The molecule has 1 aliphatic rings. The van der Waals surface area contributed by atoms with Crippen LogP contribution in [0.2, 0.25) is 0 Å². The van der Waals surface area contributed by atoms with E-state index in [0.29, 0.717) is 31.7 Å². The smallest absolute Gasteiger partial charge is 0.272 e. The molecular formula is C18H25N5O2S. The molecule has 0 bridgehead atoms. The van der Waals surface area contributed by atoms with Crippen molar-refractivity contribution >= 4 is 23.2 Å². The summed E-state index contributed by atoms with van der Waals surface area (Å²) in [5.41, 5.74) is 1.22. The maximum Gasteiger partial charge on any atom is 0.272 e. The molecule has 2 atom stereocenters. The molecule has 7 nitrogen and oxygen atoms in total. The van der Waals surface area contributed by atoms with Crippen molar-refractivity contribution < 1.29 is 9.59 Å². The van der Waals surface area contributed by atoms with E-state index in [9.17, 15) is 9.59 Å². The van der Waals surface area contributed by atoms with Gasteiger partial charge in [0.2, 0.25) is 5.91 Å². The van der Waals surface area contributed by atoms with Crippen LogP contribution in [0, 0.1) is 13.8 Å². The van der Waals surface area contributed by atoms with Gasteiger partial charge in [-0.25, -0.2) is 0 Å². The topological polar surface area (TPSA) is 90.1 Å². The number of rotatable bonds is 6. The van der Waals surface area contributed by atoms with Gasteiger partial charge in [-0.1, -0.05) is 0 Å². The Balaban J connectivity index is 1.68. The molecule has 1 fully saturated rings. The molecule has 2 amide bonds. The van der Waals surface area contributed by atoms with Gasteiger partial charge in [-0.05, 0) is 45.4 Å². The van der Waals surface area contributed by atoms with Crippen LogP contribution in [0.3, 0.4) is 0 Å². The largest absolute Gasteiger partial charge is 0.355 e. The van der Waals surface area contributed by atoms with Crippen molar-refractivity contribution in [1.82, 2.24) is 25.7 Å². The normalized spacial score (nSPS) is 20.3. The number of H-pyrrole nitrogens is 1. The van der Waals surface area contributed by atoms with Gasteiger partial charge in [-0.15, -0.1) is 11.3 Å². The molecule has 26 heavy (non-hydrogen) atoms. The lowest BCUT2D eigenvalue weighted by Gasteiger charge is -2.22. The highest BCUT2D eigenvalue weighted by molar-refractivity contribution is 7.11. The van der Waals surface area contributed by atoms with E-state index in [0.717, 1.165) is 5.69 Å². The average molecular weight is 375 g/mol. The number of amides is 2. The molecule has 1 saturated heterocycles. The van der Waals surface area contributed by atoms with Gasteiger partial charge in [-0.3, -0.25) is 19.6 Å². The van der Waals surface area contributed by atoms with E-state index in [1.807, 2.05) is 13.8 Å². The number of carbonyl (C=O) groups is 2. The minimum absolute atomic E-state index is 0.0214. The highest BCUT2D eigenvalue weighted by Crippen LogP contribution is 2.24. The molecule has 2 aromatic heterocycles. The lowest BCUT2D eigenvalue weighted by atomic mass is 10.1. The molecule has 2 aromatic rings. The molecule has 3 rings (SSSR count). The van der Waals surface area contributed by atoms with Crippen LogP contribution in [0.15, 0.2) is 18.2 Å². The first-order valence-corrected chi connectivity index (χ1v) is 9.68. The first-order valence-electron chi connectivity index (χ1n) is 8.86. The minimum Gasteiger partial charge on any atom is -0.355 e. The molecule has 8 heteroatoms. The Bertz CT molecular complexity index is 784. The molecule has 3 heterocycles. The Kier molecular flexibility index (Phi) is 5.73. The van der Waals surface area contributed by atoms with Gasteiger partial charge in [0.15, 0.2) is 0 Å². The van der Waals surface area contributed by atoms with Crippen molar-refractivity contribution in [3.05, 3.63) is 39.3 Å². The van der Waals surface area contributed by atoms with Crippen molar-refractivity contribution in [3.63, 3.8) is 0 Å². The predicted molar refractivity (Wildman–Crippen MR) is 101 cm³/mol. The van der Waals surface area contributed by atoms with Gasteiger partial charge < -0.3 is 10.6 Å². The van der Waals surface area contributed by atoms with Crippen LogP contribution in [0.1, 0.15) is 39.3 Å². The number of nitrogens with one attached hydrogen (secondary N) is 3. The molecule has 1 aliphatic heterocycles. The van der Waals surface area contributed by atoms with Gasteiger partial charge in [-0.2, -0.15) is 5.10 Å². The fourth-order valence-corrected chi connectivity index (χ4v) is 4.23. The number of carbonyl (C=O) groups excluding carboxylic acids is 2. The third kappa shape index (κ3) is 4.31. The van der Waals surface area contributed by atoms with Gasteiger partial charge in [0.05, 0.1) is 6.04 Å². The van der Waals surface area contributed by atoms with E-state index >= 15 is 0 Å². The van der Waals surface area contributed by atoms with Gasteiger partial charge in [0.1, 0.15) is 5.69 Å². The summed E-state index contributed by atoms with van der Waals surface area (Å²) in [5, 5.41) is 12.7. The van der Waals surface area contributed by atoms with Crippen molar-refractivity contribution in [2.75, 3.05) is 13.1 Å². The third-order valence-corrected chi connectivity index (χ3v) is 5.47. The van der Waals surface area contributed by atoms with Crippen LogP contribution in [-0.4, -0.2) is 52.1 Å². The molecule has 0 saturated carbocycles. The summed E-state index contributed by atoms with van der Waals surface area (Å²) in [5.74, 6) is -0.184. The Hall–Kier alpha value is -2.19. The van der Waals surface area contributed by atoms with E-state index in [-0.39, 0.29) is 23.9 Å². The van der Waals surface area contributed by atoms with Crippen molar-refractivity contribution in [2.24, 2.45) is 0 Å². The molecule has 140 valence electrons. The van der Waals surface area contributed by atoms with E-state index < -0.39 is 0 Å². The lowest BCUT2D eigenvalue weighted by Crippen LogP contribution is -2.42. The standard InChI is InChI=1S/C18H25N5O2S/c1-4-19-18(25)16-8-13(20-17(24)15-7-11(2)21-22-15)9-23(16)10-14-6-5-12(3)26-14/h5-7,13,16H,4,8-10H2,1-3H3,(H,19,25)(H,20,24)(H,21,22). The summed E-state index contributed by atoms with van der Waals surface area (Å²) in [7, 11) is 0. The number of thiophene rings is 1. The van der Waals surface area contributed by atoms with Crippen molar-refractivity contribution in [2.45, 2.75) is 45.8 Å². The van der Waals surface area contributed by atoms with Crippen LogP contribution >= 0.6 is 11.3 Å². The van der Waals surface area contributed by atoms with Crippen LogP contribution in [-0.2, 0) is 11.3 Å². The van der Waals surface area contributed by atoms with Crippen LogP contribution in [0.5, 0.6) is 0 Å². The summed E-state index contributed by atoms with van der Waals surface area (Å²) in [6, 6.07) is 5.61. The number of likely N-dealkylation sites (tertiary alicyclic amines) is 1. The highest BCUT2D eigenvalue weighted by atomic mass is 32.1. The second kappa shape index (κ2) is 8.01. The fourth-order valence-electron chi connectivity index (χ4n) is 3.31. The quantitative estimate of drug-likeness (QED) is 0.715. The van der Waals surface area contributed by atoms with E-state index in [4.69, 9.17) is 0 Å². The minimum atomic E-state index is -0.233. The zero-order valence-corrected chi connectivity index (χ0v) is 16.2. The Morgan fingerprint density at radius 1 is 1.38 bits per heavy atom. The van der Waals surface area contributed by atoms with Crippen LogP contribution < -0.4 is 10.6 Å². The Labute approximate surface area is 157 Å². The molecule has 0 spiro atoms.